The first-order valence-electron chi connectivity index (χ1n) is 9.64. The van der Waals surface area contributed by atoms with Crippen LogP contribution in [-0.4, -0.2) is 17.1 Å². The van der Waals surface area contributed by atoms with E-state index in [-0.39, 0.29) is 5.57 Å². The fourth-order valence-corrected chi connectivity index (χ4v) is 3.48. The van der Waals surface area contributed by atoms with Crippen LogP contribution in [0.3, 0.4) is 0 Å². The van der Waals surface area contributed by atoms with E-state index < -0.39 is 5.91 Å². The van der Waals surface area contributed by atoms with Gasteiger partial charge in [-0.1, -0.05) is 28.6 Å². The third kappa shape index (κ3) is 5.33. The van der Waals surface area contributed by atoms with Crippen LogP contribution >= 0.6 is 15.9 Å². The van der Waals surface area contributed by atoms with Crippen molar-refractivity contribution in [2.75, 3.05) is 11.9 Å². The molecular weight excluding hydrogens is 454 g/mol. The number of amides is 1. The molecule has 1 N–H and O–H groups in total. The van der Waals surface area contributed by atoms with Crippen molar-refractivity contribution in [1.82, 2.24) is 4.57 Å². The third-order valence-electron chi connectivity index (χ3n) is 4.70. The van der Waals surface area contributed by atoms with Crippen molar-refractivity contribution in [2.24, 2.45) is 0 Å². The molecule has 156 valence electrons. The normalized spacial score (nSPS) is 11.0. The quantitative estimate of drug-likeness (QED) is 0.260. The first-order valence-corrected chi connectivity index (χ1v) is 10.4. The van der Waals surface area contributed by atoms with E-state index in [1.54, 1.807) is 24.3 Å². The summed E-state index contributed by atoms with van der Waals surface area (Å²) in [5, 5.41) is 12.3. The van der Waals surface area contributed by atoms with Gasteiger partial charge in [0.2, 0.25) is 0 Å². The van der Waals surface area contributed by atoms with Crippen LogP contribution < -0.4 is 10.1 Å². The summed E-state index contributed by atoms with van der Waals surface area (Å²) in [6.07, 6.45) is 3.32. The van der Waals surface area contributed by atoms with Crippen molar-refractivity contribution >= 4 is 33.6 Å². The first-order chi connectivity index (χ1) is 14.9. The molecule has 0 radical (unpaired) electrons. The molecule has 1 aromatic heterocycles. The van der Waals surface area contributed by atoms with Crippen LogP contribution in [-0.2, 0) is 4.79 Å². The maximum Gasteiger partial charge on any atom is 0.266 e. The molecule has 3 aromatic rings. The molecule has 2 aromatic carbocycles. The van der Waals surface area contributed by atoms with Crippen LogP contribution in [0.15, 0.2) is 77.3 Å². The molecule has 0 fully saturated rings. The summed E-state index contributed by atoms with van der Waals surface area (Å²) in [4.78, 5) is 12.6. The number of ether oxygens (including phenoxy) is 1. The molecule has 6 heteroatoms. The molecule has 1 heterocycles. The van der Waals surface area contributed by atoms with Gasteiger partial charge in [-0.15, -0.1) is 0 Å². The summed E-state index contributed by atoms with van der Waals surface area (Å²) >= 11 is 3.36. The van der Waals surface area contributed by atoms with E-state index in [2.05, 4.69) is 32.4 Å². The molecular formula is C25H22BrN3O2. The number of nitrogens with zero attached hydrogens (tertiary/aromatic N) is 2. The second-order valence-electron chi connectivity index (χ2n) is 6.89. The van der Waals surface area contributed by atoms with Gasteiger partial charge in [0.1, 0.15) is 24.0 Å². The maximum absolute atomic E-state index is 12.6. The summed E-state index contributed by atoms with van der Waals surface area (Å²) in [5.41, 5.74) is 4.37. The minimum absolute atomic E-state index is 0.0383. The van der Waals surface area contributed by atoms with Crippen LogP contribution in [0.2, 0.25) is 0 Å². The second-order valence-corrected chi connectivity index (χ2v) is 7.80. The third-order valence-corrected chi connectivity index (χ3v) is 5.23. The van der Waals surface area contributed by atoms with Gasteiger partial charge in [0.05, 0.1) is 0 Å². The van der Waals surface area contributed by atoms with Gasteiger partial charge in [-0.05, 0) is 80.1 Å². The Labute approximate surface area is 190 Å². The molecule has 5 nitrogen and oxygen atoms in total. The minimum Gasteiger partial charge on any atom is -0.490 e. The predicted octanol–water partition coefficient (Wildman–Crippen LogP) is 5.97. The number of aryl methyl sites for hydroxylation is 1. The number of nitriles is 1. The molecule has 0 bridgehead atoms. The lowest BCUT2D eigenvalue weighted by Crippen LogP contribution is -2.13. The number of rotatable bonds is 7. The van der Waals surface area contributed by atoms with Gasteiger partial charge in [-0.25, -0.2) is 0 Å². The predicted molar refractivity (Wildman–Crippen MR) is 127 cm³/mol. The maximum atomic E-state index is 12.6. The van der Waals surface area contributed by atoms with E-state index in [0.29, 0.717) is 12.3 Å². The Morgan fingerprint density at radius 2 is 1.87 bits per heavy atom. The number of carbonyl (C=O) groups excluding carboxylic acids is 1. The molecule has 1 amide bonds. The molecule has 31 heavy (non-hydrogen) atoms. The van der Waals surface area contributed by atoms with Crippen LogP contribution in [0.5, 0.6) is 5.75 Å². The molecule has 0 aliphatic rings. The van der Waals surface area contributed by atoms with E-state index in [9.17, 15) is 10.1 Å². The highest BCUT2D eigenvalue weighted by molar-refractivity contribution is 9.10. The van der Waals surface area contributed by atoms with Crippen LogP contribution in [0.25, 0.3) is 11.8 Å². The Bertz CT molecular complexity index is 1170. The molecule has 0 aliphatic carbocycles. The molecule has 0 aliphatic heterocycles. The minimum atomic E-state index is -0.446. The SMILES string of the molecule is C=CCOc1ccc(-n2c(C)cc(/C=C(/C#N)C(=O)Nc3ccc(Br)cc3)c2C)cc1. The molecule has 0 saturated heterocycles. The Morgan fingerprint density at radius 3 is 2.48 bits per heavy atom. The summed E-state index contributed by atoms with van der Waals surface area (Å²) in [7, 11) is 0. The lowest BCUT2D eigenvalue weighted by molar-refractivity contribution is -0.112. The smallest absolute Gasteiger partial charge is 0.266 e. The van der Waals surface area contributed by atoms with Crippen molar-refractivity contribution in [3.05, 3.63) is 94.2 Å². The lowest BCUT2D eigenvalue weighted by atomic mass is 10.1. The van der Waals surface area contributed by atoms with E-state index in [1.807, 2.05) is 62.4 Å². The van der Waals surface area contributed by atoms with E-state index in [4.69, 9.17) is 4.74 Å². The summed E-state index contributed by atoms with van der Waals surface area (Å²) in [5.74, 6) is 0.320. The van der Waals surface area contributed by atoms with Gasteiger partial charge in [-0.3, -0.25) is 4.79 Å². The van der Waals surface area contributed by atoms with Gasteiger partial charge in [0, 0.05) is 27.2 Å². The zero-order chi connectivity index (χ0) is 22.4. The average molecular weight is 476 g/mol. The Hall–Kier alpha value is -3.56. The molecule has 0 atom stereocenters. The second kappa shape index (κ2) is 9.96. The van der Waals surface area contributed by atoms with Crippen molar-refractivity contribution < 1.29 is 9.53 Å². The standard InChI is InChI=1S/C25H22BrN3O2/c1-4-13-31-24-11-9-23(10-12-24)29-17(2)14-19(18(29)3)15-20(16-27)25(30)28-22-7-5-21(26)6-8-22/h4-12,14-15H,1,13H2,2-3H3,(H,28,30)/b20-15-. The van der Waals surface area contributed by atoms with Gasteiger partial charge in [0.25, 0.3) is 5.91 Å². The fourth-order valence-electron chi connectivity index (χ4n) is 3.21. The number of anilines is 1. The van der Waals surface area contributed by atoms with Crippen LogP contribution in [0.4, 0.5) is 5.69 Å². The van der Waals surface area contributed by atoms with Gasteiger partial charge in [0.15, 0.2) is 0 Å². The van der Waals surface area contributed by atoms with E-state index >= 15 is 0 Å². The fraction of sp³-hybridized carbons (Fsp3) is 0.120. The lowest BCUT2D eigenvalue weighted by Gasteiger charge is -2.11. The first kappa shape index (κ1) is 22.1. The van der Waals surface area contributed by atoms with E-state index in [0.717, 1.165) is 32.9 Å². The molecule has 3 rings (SSSR count). The number of aromatic nitrogens is 1. The van der Waals surface area contributed by atoms with Gasteiger partial charge >= 0.3 is 0 Å². The number of halogens is 1. The van der Waals surface area contributed by atoms with Gasteiger partial charge < -0.3 is 14.6 Å². The number of hydrogen-bond donors (Lipinski definition) is 1. The van der Waals surface area contributed by atoms with Crippen LogP contribution in [0.1, 0.15) is 17.0 Å². The van der Waals surface area contributed by atoms with Crippen molar-refractivity contribution in [2.45, 2.75) is 13.8 Å². The largest absolute Gasteiger partial charge is 0.490 e. The monoisotopic (exact) mass is 475 g/mol. The topological polar surface area (TPSA) is 67.0 Å². The highest BCUT2D eigenvalue weighted by atomic mass is 79.9. The Balaban J connectivity index is 1.86. The Morgan fingerprint density at radius 1 is 1.19 bits per heavy atom. The Kier molecular flexibility index (Phi) is 7.11. The van der Waals surface area contributed by atoms with Crippen LogP contribution in [0, 0.1) is 25.2 Å². The molecule has 0 saturated carbocycles. The van der Waals surface area contributed by atoms with Gasteiger partial charge in [-0.2, -0.15) is 5.26 Å². The zero-order valence-electron chi connectivity index (χ0n) is 17.4. The van der Waals surface area contributed by atoms with Crippen molar-refractivity contribution in [1.29, 1.82) is 5.26 Å². The summed E-state index contributed by atoms with van der Waals surface area (Å²) in [6.45, 7) is 8.05. The molecule has 0 unspecified atom stereocenters. The summed E-state index contributed by atoms with van der Waals surface area (Å²) < 4.78 is 8.53. The van der Waals surface area contributed by atoms with E-state index in [1.165, 1.54) is 0 Å². The van der Waals surface area contributed by atoms with Crippen molar-refractivity contribution in [3.63, 3.8) is 0 Å². The highest BCUT2D eigenvalue weighted by Crippen LogP contribution is 2.25. The zero-order valence-corrected chi connectivity index (χ0v) is 18.9. The number of hydrogen-bond acceptors (Lipinski definition) is 3. The average Bonchev–Trinajstić information content (AvgIpc) is 3.05. The highest BCUT2D eigenvalue weighted by Gasteiger charge is 2.14. The number of nitrogens with one attached hydrogen (secondary N) is 1. The number of benzene rings is 2. The number of carbonyl (C=O) groups is 1. The van der Waals surface area contributed by atoms with Crippen molar-refractivity contribution in [3.8, 4) is 17.5 Å². The molecule has 0 spiro atoms. The summed E-state index contributed by atoms with van der Waals surface area (Å²) in [6, 6.07) is 18.9.